The number of pyridine rings is 1. The molecule has 0 saturated carbocycles. The second-order valence-electron chi connectivity index (χ2n) is 3.82. The summed E-state index contributed by atoms with van der Waals surface area (Å²) in [6.45, 7) is 0. The Morgan fingerprint density at radius 2 is 1.88 bits per heavy atom. The number of fused-ring (bicyclic) bond motifs is 1. The normalized spacial score (nSPS) is 10.9. The van der Waals surface area contributed by atoms with E-state index >= 15 is 0 Å². The fourth-order valence-corrected chi connectivity index (χ4v) is 2.07. The summed E-state index contributed by atoms with van der Waals surface area (Å²) in [4.78, 5) is 4.13. The third-order valence-electron chi connectivity index (χ3n) is 2.72. The van der Waals surface area contributed by atoms with Crippen LogP contribution in [0, 0.1) is 0 Å². The molecule has 2 heterocycles. The lowest BCUT2D eigenvalue weighted by atomic mass is 10.3. The van der Waals surface area contributed by atoms with Gasteiger partial charge in [0.15, 0.2) is 0 Å². The fraction of sp³-hybridized carbons (Fsp3) is 0. The molecular weight excluding hydrogens is 234 g/mol. The highest BCUT2D eigenvalue weighted by Gasteiger charge is 2.07. The topological polar surface area (TPSA) is 43.8 Å². The van der Waals surface area contributed by atoms with Gasteiger partial charge in [0, 0.05) is 22.3 Å². The summed E-state index contributed by atoms with van der Waals surface area (Å²) >= 11 is 5.88. The number of aromatic nitrogens is 2. The first kappa shape index (κ1) is 10.2. The summed E-state index contributed by atoms with van der Waals surface area (Å²) in [6, 6.07) is 11.4. The first-order chi connectivity index (χ1) is 8.25. The number of halogens is 1. The lowest BCUT2D eigenvalue weighted by Crippen LogP contribution is -1.99. The Labute approximate surface area is 103 Å². The van der Waals surface area contributed by atoms with Gasteiger partial charge in [-0.25, -0.2) is 0 Å². The van der Waals surface area contributed by atoms with Gasteiger partial charge in [-0.15, -0.1) is 0 Å². The van der Waals surface area contributed by atoms with Crippen molar-refractivity contribution in [2.75, 3.05) is 5.73 Å². The van der Waals surface area contributed by atoms with Crippen LogP contribution in [-0.2, 0) is 0 Å². The molecule has 0 unspecified atom stereocenters. The molecule has 3 rings (SSSR count). The SMILES string of the molecule is Nc1cc2ccncc2n1-c1ccc(Cl)cc1. The minimum absolute atomic E-state index is 0.690. The summed E-state index contributed by atoms with van der Waals surface area (Å²) in [6.07, 6.45) is 3.56. The van der Waals surface area contributed by atoms with E-state index in [0.29, 0.717) is 10.8 Å². The zero-order valence-corrected chi connectivity index (χ0v) is 9.72. The van der Waals surface area contributed by atoms with Crippen LogP contribution < -0.4 is 5.73 Å². The van der Waals surface area contributed by atoms with Crippen LogP contribution in [-0.4, -0.2) is 9.55 Å². The van der Waals surface area contributed by atoms with E-state index in [0.717, 1.165) is 16.6 Å². The quantitative estimate of drug-likeness (QED) is 0.713. The third-order valence-corrected chi connectivity index (χ3v) is 2.97. The first-order valence-corrected chi connectivity index (χ1v) is 5.60. The maximum Gasteiger partial charge on any atom is 0.109 e. The largest absolute Gasteiger partial charge is 0.385 e. The second-order valence-corrected chi connectivity index (χ2v) is 4.25. The van der Waals surface area contributed by atoms with Crippen molar-refractivity contribution >= 4 is 28.3 Å². The van der Waals surface area contributed by atoms with E-state index in [4.69, 9.17) is 17.3 Å². The Hall–Kier alpha value is -2.00. The predicted octanol–water partition coefficient (Wildman–Crippen LogP) is 3.26. The standard InChI is InChI=1S/C13H10ClN3/c14-10-1-3-11(4-2-10)17-12-8-16-6-5-9(12)7-13(17)15/h1-8H,15H2. The molecule has 0 aliphatic heterocycles. The molecule has 0 aliphatic carbocycles. The van der Waals surface area contributed by atoms with Crippen molar-refractivity contribution in [3.8, 4) is 5.69 Å². The highest BCUT2D eigenvalue weighted by atomic mass is 35.5. The molecule has 17 heavy (non-hydrogen) atoms. The summed E-state index contributed by atoms with van der Waals surface area (Å²) in [5.41, 5.74) is 8.00. The molecule has 0 bridgehead atoms. The molecule has 3 nitrogen and oxygen atoms in total. The molecule has 4 heteroatoms. The van der Waals surface area contributed by atoms with Crippen LogP contribution >= 0.6 is 11.6 Å². The fourth-order valence-electron chi connectivity index (χ4n) is 1.95. The minimum Gasteiger partial charge on any atom is -0.385 e. The Bertz CT molecular complexity index is 671. The third kappa shape index (κ3) is 1.65. The average Bonchev–Trinajstić information content (AvgIpc) is 2.66. The first-order valence-electron chi connectivity index (χ1n) is 5.22. The van der Waals surface area contributed by atoms with Crippen molar-refractivity contribution in [3.63, 3.8) is 0 Å². The zero-order chi connectivity index (χ0) is 11.8. The highest BCUT2D eigenvalue weighted by molar-refractivity contribution is 6.30. The number of nitrogens with zero attached hydrogens (tertiary/aromatic N) is 2. The van der Waals surface area contributed by atoms with Gasteiger partial charge >= 0.3 is 0 Å². The van der Waals surface area contributed by atoms with Gasteiger partial charge in [-0.1, -0.05) is 11.6 Å². The van der Waals surface area contributed by atoms with Gasteiger partial charge in [-0.3, -0.25) is 9.55 Å². The molecule has 1 aromatic carbocycles. The Morgan fingerprint density at radius 3 is 2.65 bits per heavy atom. The molecule has 2 aromatic heterocycles. The van der Waals surface area contributed by atoms with Gasteiger partial charge in [0.25, 0.3) is 0 Å². The number of rotatable bonds is 1. The smallest absolute Gasteiger partial charge is 0.109 e. The van der Waals surface area contributed by atoms with Crippen molar-refractivity contribution in [3.05, 3.63) is 53.8 Å². The van der Waals surface area contributed by atoms with E-state index in [-0.39, 0.29) is 0 Å². The van der Waals surface area contributed by atoms with Crippen LogP contribution in [0.1, 0.15) is 0 Å². The molecule has 0 spiro atoms. The van der Waals surface area contributed by atoms with E-state index in [9.17, 15) is 0 Å². The Balaban J connectivity index is 2.29. The van der Waals surface area contributed by atoms with Gasteiger partial charge in [-0.2, -0.15) is 0 Å². The van der Waals surface area contributed by atoms with E-state index in [1.807, 2.05) is 41.0 Å². The van der Waals surface area contributed by atoms with Crippen molar-refractivity contribution in [1.82, 2.24) is 9.55 Å². The second kappa shape index (κ2) is 3.79. The van der Waals surface area contributed by atoms with Crippen LogP contribution in [0.4, 0.5) is 5.82 Å². The van der Waals surface area contributed by atoms with Crippen molar-refractivity contribution < 1.29 is 0 Å². The van der Waals surface area contributed by atoms with Gasteiger partial charge in [0.1, 0.15) is 5.82 Å². The van der Waals surface area contributed by atoms with Crippen LogP contribution in [0.3, 0.4) is 0 Å². The predicted molar refractivity (Wildman–Crippen MR) is 70.5 cm³/mol. The number of anilines is 1. The lowest BCUT2D eigenvalue weighted by Gasteiger charge is -2.07. The van der Waals surface area contributed by atoms with Crippen LogP contribution in [0.2, 0.25) is 5.02 Å². The summed E-state index contributed by atoms with van der Waals surface area (Å²) < 4.78 is 1.96. The number of hydrogen-bond acceptors (Lipinski definition) is 2. The van der Waals surface area contributed by atoms with Gasteiger partial charge in [0.2, 0.25) is 0 Å². The number of hydrogen-bond donors (Lipinski definition) is 1. The monoisotopic (exact) mass is 243 g/mol. The summed E-state index contributed by atoms with van der Waals surface area (Å²) in [5, 5.41) is 1.79. The molecule has 0 atom stereocenters. The molecule has 0 amide bonds. The van der Waals surface area contributed by atoms with Gasteiger partial charge in [-0.05, 0) is 36.4 Å². The molecule has 0 aliphatic rings. The summed E-state index contributed by atoms with van der Waals surface area (Å²) in [5.74, 6) is 0.690. The van der Waals surface area contributed by atoms with Crippen LogP contribution in [0.25, 0.3) is 16.6 Å². The summed E-state index contributed by atoms with van der Waals surface area (Å²) in [7, 11) is 0. The molecule has 0 radical (unpaired) electrons. The van der Waals surface area contributed by atoms with Crippen LogP contribution in [0.15, 0.2) is 48.8 Å². The molecule has 0 saturated heterocycles. The van der Waals surface area contributed by atoms with E-state index in [1.54, 1.807) is 12.4 Å². The molecule has 3 aromatic rings. The van der Waals surface area contributed by atoms with E-state index < -0.39 is 0 Å². The minimum atomic E-state index is 0.690. The Kier molecular flexibility index (Phi) is 2.27. The number of benzene rings is 1. The van der Waals surface area contributed by atoms with Crippen molar-refractivity contribution in [2.24, 2.45) is 0 Å². The number of nitrogens with two attached hydrogens (primary N) is 1. The van der Waals surface area contributed by atoms with E-state index in [2.05, 4.69) is 4.98 Å². The van der Waals surface area contributed by atoms with Crippen molar-refractivity contribution in [2.45, 2.75) is 0 Å². The lowest BCUT2D eigenvalue weighted by molar-refractivity contribution is 1.13. The zero-order valence-electron chi connectivity index (χ0n) is 8.97. The van der Waals surface area contributed by atoms with Crippen LogP contribution in [0.5, 0.6) is 0 Å². The molecular formula is C13H10ClN3. The number of nitrogen functional groups attached to an aromatic ring is 1. The average molecular weight is 244 g/mol. The van der Waals surface area contributed by atoms with Gasteiger partial charge < -0.3 is 5.73 Å². The highest BCUT2D eigenvalue weighted by Crippen LogP contribution is 2.25. The maximum atomic E-state index is 6.03. The van der Waals surface area contributed by atoms with E-state index in [1.165, 1.54) is 0 Å². The molecule has 84 valence electrons. The molecule has 2 N–H and O–H groups in total. The van der Waals surface area contributed by atoms with Crippen molar-refractivity contribution in [1.29, 1.82) is 0 Å². The Morgan fingerprint density at radius 1 is 1.12 bits per heavy atom. The maximum absolute atomic E-state index is 6.03. The van der Waals surface area contributed by atoms with Gasteiger partial charge in [0.05, 0.1) is 11.7 Å². The molecule has 0 fully saturated rings.